The summed E-state index contributed by atoms with van der Waals surface area (Å²) in [6.45, 7) is 9.26. The van der Waals surface area contributed by atoms with Crippen molar-refractivity contribution in [2.45, 2.75) is 46.7 Å². The number of hydrogen-bond acceptors (Lipinski definition) is 3. The Balaban J connectivity index is 2.33. The van der Waals surface area contributed by atoms with Gasteiger partial charge in [0.25, 0.3) is 0 Å². The number of benzene rings is 2. The highest BCUT2D eigenvalue weighted by Gasteiger charge is 2.22. The molecule has 0 aliphatic rings. The van der Waals surface area contributed by atoms with Crippen molar-refractivity contribution in [3.05, 3.63) is 57.7 Å². The molecule has 0 spiro atoms. The fraction of sp³-hybridized carbons (Fsp3) is 0.375. The summed E-state index contributed by atoms with van der Waals surface area (Å²) in [6, 6.07) is 10.4. The molecule has 154 valence electrons. The molecule has 3 aromatic rings. The lowest BCUT2D eigenvalue weighted by Crippen LogP contribution is -2.40. The molecule has 1 N–H and O–H groups in total. The minimum atomic E-state index is 0.226. The summed E-state index contributed by atoms with van der Waals surface area (Å²) in [7, 11) is 3.98. The van der Waals surface area contributed by atoms with Gasteiger partial charge in [-0.15, -0.1) is 0 Å². The number of carbonyl (C=O) groups excluding carboxylic acids is 1. The number of fused-ring (bicyclic) bond motifs is 1. The summed E-state index contributed by atoms with van der Waals surface area (Å²) in [6.07, 6.45) is 1.88. The van der Waals surface area contributed by atoms with E-state index in [1.807, 2.05) is 31.2 Å². The van der Waals surface area contributed by atoms with Crippen molar-refractivity contribution in [3.63, 3.8) is 0 Å². The standard InChI is InChI=1S/C24H30ClN3O/c1-7-20-17(4)22(14-29)24-21(23(20)18-8-10-19(25)11-9-18)12-16(3)28(24)13-15(2)26-27(5)6/h8-12,14-15,26H,7,13H2,1-6H3. The zero-order valence-corrected chi connectivity index (χ0v) is 18.9. The minimum Gasteiger partial charge on any atom is -0.343 e. The van der Waals surface area contributed by atoms with Gasteiger partial charge < -0.3 is 4.57 Å². The maximum Gasteiger partial charge on any atom is 0.152 e. The molecule has 4 nitrogen and oxygen atoms in total. The van der Waals surface area contributed by atoms with Gasteiger partial charge in [-0.25, -0.2) is 0 Å². The molecule has 0 saturated heterocycles. The Morgan fingerprint density at radius 3 is 2.41 bits per heavy atom. The maximum atomic E-state index is 12.2. The SMILES string of the molecule is CCc1c(C)c(C=O)c2c(cc(C)n2CC(C)NN(C)C)c1-c1ccc(Cl)cc1. The van der Waals surface area contributed by atoms with E-state index < -0.39 is 0 Å². The molecule has 0 aliphatic heterocycles. The number of aryl methyl sites for hydroxylation is 1. The van der Waals surface area contributed by atoms with Crippen molar-refractivity contribution >= 4 is 28.8 Å². The highest BCUT2D eigenvalue weighted by molar-refractivity contribution is 6.30. The van der Waals surface area contributed by atoms with E-state index in [-0.39, 0.29) is 6.04 Å². The number of aldehydes is 1. The van der Waals surface area contributed by atoms with Gasteiger partial charge in [-0.1, -0.05) is 30.7 Å². The fourth-order valence-electron chi connectivity index (χ4n) is 4.37. The number of nitrogens with one attached hydrogen (secondary N) is 1. The zero-order chi connectivity index (χ0) is 21.3. The summed E-state index contributed by atoms with van der Waals surface area (Å²) < 4.78 is 2.27. The van der Waals surface area contributed by atoms with Crippen LogP contribution in [0.3, 0.4) is 0 Å². The Labute approximate surface area is 178 Å². The molecule has 2 aromatic carbocycles. The summed E-state index contributed by atoms with van der Waals surface area (Å²) in [4.78, 5) is 12.2. The van der Waals surface area contributed by atoms with Crippen LogP contribution >= 0.6 is 11.6 Å². The van der Waals surface area contributed by atoms with E-state index in [9.17, 15) is 4.79 Å². The van der Waals surface area contributed by atoms with Crippen LogP contribution in [0, 0.1) is 13.8 Å². The third-order valence-corrected chi connectivity index (χ3v) is 5.78. The number of aromatic nitrogens is 1. The molecule has 0 saturated carbocycles. The van der Waals surface area contributed by atoms with Gasteiger partial charge in [-0.3, -0.25) is 15.2 Å². The van der Waals surface area contributed by atoms with Crippen LogP contribution < -0.4 is 5.43 Å². The number of nitrogens with zero attached hydrogens (tertiary/aromatic N) is 2. The van der Waals surface area contributed by atoms with Gasteiger partial charge in [-0.05, 0) is 67.6 Å². The predicted octanol–water partition coefficient (Wildman–Crippen LogP) is 5.41. The van der Waals surface area contributed by atoms with Crippen LogP contribution in [0.1, 0.15) is 41.0 Å². The van der Waals surface area contributed by atoms with Crippen LogP contribution in [0.15, 0.2) is 30.3 Å². The number of rotatable bonds is 7. The van der Waals surface area contributed by atoms with Gasteiger partial charge >= 0.3 is 0 Å². The highest BCUT2D eigenvalue weighted by Crippen LogP contribution is 2.39. The molecule has 5 heteroatoms. The van der Waals surface area contributed by atoms with E-state index in [2.05, 4.69) is 55.9 Å². The first-order valence-electron chi connectivity index (χ1n) is 10.1. The molecule has 1 heterocycles. The van der Waals surface area contributed by atoms with Gasteiger partial charge in [0.05, 0.1) is 5.52 Å². The molecule has 1 atom stereocenters. The molecular weight excluding hydrogens is 382 g/mol. The normalized spacial score (nSPS) is 12.7. The van der Waals surface area contributed by atoms with Gasteiger partial charge in [-0.2, -0.15) is 0 Å². The van der Waals surface area contributed by atoms with E-state index >= 15 is 0 Å². The average molecular weight is 412 g/mol. The van der Waals surface area contributed by atoms with Crippen LogP contribution in [0.5, 0.6) is 0 Å². The van der Waals surface area contributed by atoms with Crippen LogP contribution in [0.4, 0.5) is 0 Å². The van der Waals surface area contributed by atoms with Crippen LogP contribution in [-0.4, -0.2) is 36.0 Å². The lowest BCUT2D eigenvalue weighted by molar-refractivity contribution is 0.112. The maximum absolute atomic E-state index is 12.2. The lowest BCUT2D eigenvalue weighted by atomic mass is 9.88. The quantitative estimate of drug-likeness (QED) is 0.417. The highest BCUT2D eigenvalue weighted by atomic mass is 35.5. The summed E-state index contributed by atoms with van der Waals surface area (Å²) in [5.41, 5.74) is 11.0. The minimum absolute atomic E-state index is 0.226. The number of hydrogen-bond donors (Lipinski definition) is 1. The van der Waals surface area contributed by atoms with Crippen molar-refractivity contribution in [3.8, 4) is 11.1 Å². The first-order valence-corrected chi connectivity index (χ1v) is 10.5. The molecular formula is C24H30ClN3O. The first kappa shape index (κ1) is 21.6. The lowest BCUT2D eigenvalue weighted by Gasteiger charge is -2.22. The number of carbonyl (C=O) groups is 1. The summed E-state index contributed by atoms with van der Waals surface area (Å²) in [5.74, 6) is 0. The van der Waals surface area contributed by atoms with Crippen LogP contribution in [-0.2, 0) is 13.0 Å². The Bertz CT molecular complexity index is 1030. The molecule has 3 rings (SSSR count). The van der Waals surface area contributed by atoms with E-state index in [4.69, 9.17) is 11.6 Å². The number of hydrazine groups is 1. The van der Waals surface area contributed by atoms with E-state index in [0.29, 0.717) is 0 Å². The van der Waals surface area contributed by atoms with Gasteiger partial charge in [0.1, 0.15) is 0 Å². The third-order valence-electron chi connectivity index (χ3n) is 5.53. The Morgan fingerprint density at radius 1 is 1.21 bits per heavy atom. The second-order valence-corrected chi connectivity index (χ2v) is 8.39. The predicted molar refractivity (Wildman–Crippen MR) is 123 cm³/mol. The fourth-order valence-corrected chi connectivity index (χ4v) is 4.50. The van der Waals surface area contributed by atoms with Crippen LogP contribution in [0.2, 0.25) is 5.02 Å². The van der Waals surface area contributed by atoms with Crippen molar-refractivity contribution in [2.75, 3.05) is 14.1 Å². The second-order valence-electron chi connectivity index (χ2n) is 7.95. The molecule has 0 aliphatic carbocycles. The average Bonchev–Trinajstić information content (AvgIpc) is 2.97. The van der Waals surface area contributed by atoms with Crippen molar-refractivity contribution < 1.29 is 4.79 Å². The van der Waals surface area contributed by atoms with Gasteiger partial charge in [0.15, 0.2) is 6.29 Å². The second kappa shape index (κ2) is 8.70. The van der Waals surface area contributed by atoms with Gasteiger partial charge in [0.2, 0.25) is 0 Å². The summed E-state index contributed by atoms with van der Waals surface area (Å²) in [5, 5.41) is 3.82. The van der Waals surface area contributed by atoms with Crippen molar-refractivity contribution in [2.24, 2.45) is 0 Å². The monoisotopic (exact) mass is 411 g/mol. The number of halogens is 1. The molecule has 0 radical (unpaired) electrons. The molecule has 0 fully saturated rings. The Hall–Kier alpha value is -2.14. The first-order chi connectivity index (χ1) is 13.8. The van der Waals surface area contributed by atoms with E-state index in [0.717, 1.165) is 57.6 Å². The zero-order valence-electron chi connectivity index (χ0n) is 18.1. The van der Waals surface area contributed by atoms with Crippen LogP contribution in [0.25, 0.3) is 22.0 Å². The molecule has 29 heavy (non-hydrogen) atoms. The molecule has 0 bridgehead atoms. The van der Waals surface area contributed by atoms with E-state index in [1.54, 1.807) is 0 Å². The largest absolute Gasteiger partial charge is 0.343 e. The van der Waals surface area contributed by atoms with Crippen molar-refractivity contribution in [1.29, 1.82) is 0 Å². The van der Waals surface area contributed by atoms with E-state index in [1.165, 1.54) is 11.1 Å². The Morgan fingerprint density at radius 2 is 1.86 bits per heavy atom. The van der Waals surface area contributed by atoms with Gasteiger partial charge in [0, 0.05) is 48.3 Å². The molecule has 1 aromatic heterocycles. The Kier molecular flexibility index (Phi) is 6.47. The van der Waals surface area contributed by atoms with Crippen molar-refractivity contribution in [1.82, 2.24) is 15.0 Å². The summed E-state index contributed by atoms with van der Waals surface area (Å²) >= 11 is 6.14. The smallest absolute Gasteiger partial charge is 0.152 e. The topological polar surface area (TPSA) is 37.3 Å². The third kappa shape index (κ3) is 4.11. The molecule has 1 unspecified atom stereocenters. The molecule has 0 amide bonds.